The number of ether oxygens (including phenoxy) is 1. The average Bonchev–Trinajstić information content (AvgIpc) is 3.11. The van der Waals surface area contributed by atoms with Gasteiger partial charge < -0.3 is 15.4 Å². The van der Waals surface area contributed by atoms with Gasteiger partial charge in [-0.05, 0) is 61.0 Å². The number of hydrogen-bond acceptors (Lipinski definition) is 6. The van der Waals surface area contributed by atoms with Crippen molar-refractivity contribution in [3.8, 4) is 0 Å². The molecule has 0 atom stereocenters. The summed E-state index contributed by atoms with van der Waals surface area (Å²) in [6, 6.07) is 17.0. The van der Waals surface area contributed by atoms with Crippen LogP contribution in [-0.4, -0.2) is 30.3 Å². The van der Waals surface area contributed by atoms with Gasteiger partial charge in [0.15, 0.2) is 0 Å². The molecule has 4 rings (SSSR count). The van der Waals surface area contributed by atoms with Crippen molar-refractivity contribution in [3.05, 3.63) is 98.6 Å². The van der Waals surface area contributed by atoms with Gasteiger partial charge in [-0.25, -0.2) is 9.69 Å². The molecule has 8 nitrogen and oxygen atoms in total. The summed E-state index contributed by atoms with van der Waals surface area (Å²) in [7, 11) is 0. The van der Waals surface area contributed by atoms with Crippen molar-refractivity contribution in [3.63, 3.8) is 0 Å². The van der Waals surface area contributed by atoms with Crippen molar-refractivity contribution in [1.82, 2.24) is 0 Å². The summed E-state index contributed by atoms with van der Waals surface area (Å²) in [5, 5.41) is 5.74. The normalized spacial score (nSPS) is 13.1. The van der Waals surface area contributed by atoms with Gasteiger partial charge in [0.05, 0.1) is 17.9 Å². The SMILES string of the molecule is CCCCOC(=O)c1cccc(NC(=O)c2cccc(NC3=C(Cl)C(=O)N(c4cc(Cl)cc(Cl)c4)C3=O)c2)c1. The lowest BCUT2D eigenvalue weighted by molar-refractivity contribution is -0.120. The molecule has 0 spiro atoms. The van der Waals surface area contributed by atoms with E-state index >= 15 is 0 Å². The first-order valence-corrected chi connectivity index (χ1v) is 13.0. The standard InChI is InChI=1S/C28H22Cl3N3O5/c1-2-3-10-39-28(38)17-7-5-9-21(12-17)33-25(35)16-6-4-8-20(11-16)32-24-23(31)26(36)34(27(24)37)22-14-18(29)13-19(30)15-22/h4-9,11-15,32H,2-3,10H2,1H3,(H,33,35). The first-order chi connectivity index (χ1) is 18.7. The molecule has 0 fully saturated rings. The van der Waals surface area contributed by atoms with Gasteiger partial charge in [0.1, 0.15) is 10.7 Å². The highest BCUT2D eigenvalue weighted by Gasteiger charge is 2.39. The fraction of sp³-hybridized carbons (Fsp3) is 0.143. The minimum Gasteiger partial charge on any atom is -0.462 e. The average molecular weight is 587 g/mol. The molecule has 0 unspecified atom stereocenters. The summed E-state index contributed by atoms with van der Waals surface area (Å²) >= 11 is 18.3. The molecule has 200 valence electrons. The molecule has 0 aliphatic carbocycles. The number of esters is 1. The summed E-state index contributed by atoms with van der Waals surface area (Å²) < 4.78 is 5.22. The summed E-state index contributed by atoms with van der Waals surface area (Å²) in [5.41, 5.74) is 1.32. The van der Waals surface area contributed by atoms with Crippen LogP contribution in [0.2, 0.25) is 10.0 Å². The number of anilines is 3. The van der Waals surface area contributed by atoms with E-state index in [0.717, 1.165) is 17.7 Å². The minimum absolute atomic E-state index is 0.162. The van der Waals surface area contributed by atoms with E-state index in [0.29, 0.717) is 23.5 Å². The molecule has 1 heterocycles. The Bertz CT molecular complexity index is 1490. The quantitative estimate of drug-likeness (QED) is 0.165. The molecule has 0 radical (unpaired) electrons. The minimum atomic E-state index is -0.746. The fourth-order valence-electron chi connectivity index (χ4n) is 3.72. The van der Waals surface area contributed by atoms with E-state index in [9.17, 15) is 19.2 Å². The molecule has 0 saturated heterocycles. The van der Waals surface area contributed by atoms with Crippen molar-refractivity contribution in [1.29, 1.82) is 0 Å². The van der Waals surface area contributed by atoms with Crippen LogP contribution in [-0.2, 0) is 14.3 Å². The highest BCUT2D eigenvalue weighted by molar-refractivity contribution is 6.53. The van der Waals surface area contributed by atoms with Crippen molar-refractivity contribution in [2.45, 2.75) is 19.8 Å². The molecule has 1 aliphatic rings. The van der Waals surface area contributed by atoms with E-state index in [-0.39, 0.29) is 32.0 Å². The maximum absolute atomic E-state index is 13.1. The molecule has 3 amide bonds. The number of carbonyl (C=O) groups is 4. The summed E-state index contributed by atoms with van der Waals surface area (Å²) in [6.07, 6.45) is 1.67. The molecule has 11 heteroatoms. The van der Waals surface area contributed by atoms with Gasteiger partial charge in [0, 0.05) is 27.0 Å². The number of carbonyl (C=O) groups excluding carboxylic acids is 4. The summed E-state index contributed by atoms with van der Waals surface area (Å²) in [5.74, 6) is -2.38. The number of nitrogens with zero attached hydrogens (tertiary/aromatic N) is 1. The number of hydrogen-bond donors (Lipinski definition) is 2. The lowest BCUT2D eigenvalue weighted by atomic mass is 10.1. The van der Waals surface area contributed by atoms with Crippen molar-refractivity contribution < 1.29 is 23.9 Å². The topological polar surface area (TPSA) is 105 Å². The van der Waals surface area contributed by atoms with E-state index in [1.807, 2.05) is 6.92 Å². The van der Waals surface area contributed by atoms with E-state index in [1.54, 1.807) is 36.4 Å². The van der Waals surface area contributed by atoms with Gasteiger partial charge in [-0.2, -0.15) is 0 Å². The summed E-state index contributed by atoms with van der Waals surface area (Å²) in [6.45, 7) is 2.32. The Labute approximate surface area is 239 Å². The maximum Gasteiger partial charge on any atom is 0.338 e. The second kappa shape index (κ2) is 12.3. The molecule has 2 N–H and O–H groups in total. The third-order valence-corrected chi connectivity index (χ3v) is 6.40. The number of amides is 3. The zero-order chi connectivity index (χ0) is 28.1. The van der Waals surface area contributed by atoms with Crippen LogP contribution in [0.3, 0.4) is 0 Å². The van der Waals surface area contributed by atoms with Gasteiger partial charge in [-0.15, -0.1) is 0 Å². The number of rotatable bonds is 9. The Morgan fingerprint density at radius 3 is 2.18 bits per heavy atom. The third kappa shape index (κ3) is 6.60. The Morgan fingerprint density at radius 1 is 0.846 bits per heavy atom. The summed E-state index contributed by atoms with van der Waals surface area (Å²) in [4.78, 5) is 51.9. The van der Waals surface area contributed by atoms with Gasteiger partial charge in [0.2, 0.25) is 0 Å². The van der Waals surface area contributed by atoms with Crippen LogP contribution < -0.4 is 15.5 Å². The van der Waals surface area contributed by atoms with Crippen LogP contribution in [0, 0.1) is 0 Å². The molecule has 0 aromatic heterocycles. The third-order valence-electron chi connectivity index (χ3n) is 5.61. The van der Waals surface area contributed by atoms with Gasteiger partial charge in [-0.1, -0.05) is 60.3 Å². The lowest BCUT2D eigenvalue weighted by Crippen LogP contribution is -2.32. The maximum atomic E-state index is 13.1. The Balaban J connectivity index is 1.48. The van der Waals surface area contributed by atoms with Crippen molar-refractivity contribution >= 4 is 75.6 Å². The van der Waals surface area contributed by atoms with E-state index in [2.05, 4.69) is 10.6 Å². The molecule has 39 heavy (non-hydrogen) atoms. The van der Waals surface area contributed by atoms with E-state index in [4.69, 9.17) is 39.5 Å². The lowest BCUT2D eigenvalue weighted by Gasteiger charge is -2.16. The van der Waals surface area contributed by atoms with Crippen LogP contribution in [0.5, 0.6) is 0 Å². The highest BCUT2D eigenvalue weighted by atomic mass is 35.5. The first kappa shape index (κ1) is 28.2. The second-order valence-corrected chi connectivity index (χ2v) is 9.74. The van der Waals surface area contributed by atoms with Gasteiger partial charge in [0.25, 0.3) is 17.7 Å². The smallest absolute Gasteiger partial charge is 0.338 e. The molecule has 3 aromatic carbocycles. The molecule has 3 aromatic rings. The van der Waals surface area contributed by atoms with Crippen LogP contribution in [0.15, 0.2) is 77.5 Å². The van der Waals surface area contributed by atoms with Crippen LogP contribution in [0.1, 0.15) is 40.5 Å². The number of halogens is 3. The monoisotopic (exact) mass is 585 g/mol. The molecule has 0 saturated carbocycles. The van der Waals surface area contributed by atoms with Crippen molar-refractivity contribution in [2.75, 3.05) is 22.1 Å². The molecule has 0 bridgehead atoms. The van der Waals surface area contributed by atoms with Crippen molar-refractivity contribution in [2.24, 2.45) is 0 Å². The highest BCUT2D eigenvalue weighted by Crippen LogP contribution is 2.33. The molecule has 1 aliphatic heterocycles. The van der Waals surface area contributed by atoms with Crippen LogP contribution in [0.4, 0.5) is 17.1 Å². The number of imide groups is 1. The Morgan fingerprint density at radius 2 is 1.49 bits per heavy atom. The van der Waals surface area contributed by atoms with Crippen LogP contribution in [0.25, 0.3) is 0 Å². The Kier molecular flexibility index (Phi) is 8.91. The first-order valence-electron chi connectivity index (χ1n) is 11.9. The van der Waals surface area contributed by atoms with Crippen LogP contribution >= 0.6 is 34.8 Å². The zero-order valence-corrected chi connectivity index (χ0v) is 22.9. The van der Waals surface area contributed by atoms with E-state index < -0.39 is 23.7 Å². The van der Waals surface area contributed by atoms with Gasteiger partial charge >= 0.3 is 5.97 Å². The zero-order valence-electron chi connectivity index (χ0n) is 20.6. The predicted molar refractivity (Wildman–Crippen MR) is 151 cm³/mol. The molecular formula is C28H22Cl3N3O5. The largest absolute Gasteiger partial charge is 0.462 e. The number of unbranched alkanes of at least 4 members (excludes halogenated alkanes) is 1. The number of benzene rings is 3. The Hall–Kier alpha value is -3.85. The molecular weight excluding hydrogens is 565 g/mol. The fourth-order valence-corrected chi connectivity index (χ4v) is 4.44. The number of nitrogens with one attached hydrogen (secondary N) is 2. The second-order valence-electron chi connectivity index (χ2n) is 8.49. The predicted octanol–water partition coefficient (Wildman–Crippen LogP) is 6.64. The van der Waals surface area contributed by atoms with E-state index in [1.165, 1.54) is 30.3 Å². The van der Waals surface area contributed by atoms with Gasteiger partial charge in [-0.3, -0.25) is 14.4 Å².